The smallest absolute Gasteiger partial charge is 0.326 e. The van der Waals surface area contributed by atoms with E-state index in [1.165, 1.54) is 11.1 Å². The van der Waals surface area contributed by atoms with E-state index < -0.39 is 12.0 Å². The van der Waals surface area contributed by atoms with Crippen molar-refractivity contribution < 1.29 is 19.5 Å². The van der Waals surface area contributed by atoms with Crippen LogP contribution in [0.1, 0.15) is 62.5 Å². The summed E-state index contributed by atoms with van der Waals surface area (Å²) in [6, 6.07) is 7.24. The van der Waals surface area contributed by atoms with Crippen LogP contribution in [0.2, 0.25) is 0 Å². The van der Waals surface area contributed by atoms with Crippen molar-refractivity contribution in [2.75, 3.05) is 6.54 Å². The minimum absolute atomic E-state index is 0.0890. The average Bonchev–Trinajstić information content (AvgIpc) is 2.61. The van der Waals surface area contributed by atoms with Crippen molar-refractivity contribution in [1.29, 1.82) is 0 Å². The van der Waals surface area contributed by atoms with Crippen LogP contribution >= 0.6 is 0 Å². The maximum Gasteiger partial charge on any atom is 0.326 e. The monoisotopic (exact) mass is 360 g/mol. The molecule has 0 aliphatic heterocycles. The van der Waals surface area contributed by atoms with Crippen molar-refractivity contribution in [2.24, 2.45) is 0 Å². The predicted molar refractivity (Wildman–Crippen MR) is 98.8 cm³/mol. The predicted octanol–water partition coefficient (Wildman–Crippen LogP) is 2.37. The molecule has 2 unspecified atom stereocenters. The zero-order chi connectivity index (χ0) is 18.9. The number of aliphatic carboxylic acids is 1. The fraction of sp³-hybridized carbons (Fsp3) is 0.550. The maximum absolute atomic E-state index is 12.1. The minimum Gasteiger partial charge on any atom is -0.480 e. The minimum atomic E-state index is -1.01. The Kier molecular flexibility index (Phi) is 7.63. The summed E-state index contributed by atoms with van der Waals surface area (Å²) in [6.45, 7) is 2.40. The number of benzene rings is 1. The third kappa shape index (κ3) is 5.86. The summed E-state index contributed by atoms with van der Waals surface area (Å²) >= 11 is 0. The zero-order valence-corrected chi connectivity index (χ0v) is 15.3. The lowest BCUT2D eigenvalue weighted by Crippen LogP contribution is -2.42. The van der Waals surface area contributed by atoms with Crippen LogP contribution in [0.25, 0.3) is 0 Å². The third-order valence-electron chi connectivity index (χ3n) is 4.83. The molecule has 0 radical (unpaired) electrons. The molecule has 1 aliphatic carbocycles. The van der Waals surface area contributed by atoms with E-state index in [1.54, 1.807) is 0 Å². The summed E-state index contributed by atoms with van der Waals surface area (Å²) in [4.78, 5) is 35.1. The first kappa shape index (κ1) is 19.9. The number of rotatable bonds is 9. The molecule has 1 aliphatic rings. The normalized spacial score (nSPS) is 17.0. The van der Waals surface area contributed by atoms with Crippen LogP contribution in [0.5, 0.6) is 0 Å². The molecular formula is C20H28N2O4. The number of carboxylic acid groups (broad SMARTS) is 1. The van der Waals surface area contributed by atoms with Crippen molar-refractivity contribution >= 4 is 17.8 Å². The molecule has 0 saturated heterocycles. The summed E-state index contributed by atoms with van der Waals surface area (Å²) in [5.41, 5.74) is 2.48. The van der Waals surface area contributed by atoms with Gasteiger partial charge in [0.1, 0.15) is 6.04 Å². The molecule has 1 aromatic carbocycles. The highest BCUT2D eigenvalue weighted by atomic mass is 16.4. The van der Waals surface area contributed by atoms with Crippen LogP contribution in [0, 0.1) is 0 Å². The zero-order valence-electron chi connectivity index (χ0n) is 15.3. The third-order valence-corrected chi connectivity index (χ3v) is 4.83. The van der Waals surface area contributed by atoms with Crippen LogP contribution < -0.4 is 10.6 Å². The van der Waals surface area contributed by atoms with E-state index >= 15 is 0 Å². The van der Waals surface area contributed by atoms with Gasteiger partial charge in [0.25, 0.3) is 0 Å². The standard InChI is InChI=1S/C20H28N2O4/c1-2-21-18(23)11-6-12-19(24)22-17(20(25)26)13-15-9-5-8-14-7-3-4-10-16(14)15/h3-4,7,10,15,17H,2,5-6,8-9,11-13H2,1H3,(H,21,23)(H,22,24)(H,25,26). The van der Waals surface area contributed by atoms with Crippen LogP contribution in [-0.2, 0) is 20.8 Å². The quantitative estimate of drug-likeness (QED) is 0.630. The fourth-order valence-corrected chi connectivity index (χ4v) is 3.57. The van der Waals surface area contributed by atoms with Gasteiger partial charge in [0.15, 0.2) is 0 Å². The number of nitrogens with one attached hydrogen (secondary N) is 2. The Bertz CT molecular complexity index is 644. The van der Waals surface area contributed by atoms with Gasteiger partial charge in [-0.05, 0) is 56.1 Å². The number of carbonyl (C=O) groups excluding carboxylic acids is 2. The number of carbonyl (C=O) groups is 3. The largest absolute Gasteiger partial charge is 0.480 e. The molecule has 6 nitrogen and oxygen atoms in total. The number of fused-ring (bicyclic) bond motifs is 1. The SMILES string of the molecule is CCNC(=O)CCCC(=O)NC(CC1CCCc2ccccc21)C(=O)O. The van der Waals surface area contributed by atoms with E-state index in [2.05, 4.69) is 22.8 Å². The number of amides is 2. The highest BCUT2D eigenvalue weighted by Gasteiger charge is 2.28. The number of hydrogen-bond acceptors (Lipinski definition) is 3. The molecule has 0 bridgehead atoms. The number of hydrogen-bond donors (Lipinski definition) is 3. The Labute approximate surface area is 154 Å². The molecule has 26 heavy (non-hydrogen) atoms. The molecule has 0 aromatic heterocycles. The number of carboxylic acids is 1. The van der Waals surface area contributed by atoms with E-state index in [4.69, 9.17) is 0 Å². The molecule has 142 valence electrons. The molecule has 0 heterocycles. The van der Waals surface area contributed by atoms with Crippen molar-refractivity contribution in [1.82, 2.24) is 10.6 Å². The Morgan fingerprint density at radius 2 is 1.92 bits per heavy atom. The summed E-state index contributed by atoms with van der Waals surface area (Å²) in [7, 11) is 0. The fourth-order valence-electron chi connectivity index (χ4n) is 3.57. The van der Waals surface area contributed by atoms with Crippen LogP contribution in [0.15, 0.2) is 24.3 Å². The lowest BCUT2D eigenvalue weighted by atomic mass is 9.79. The van der Waals surface area contributed by atoms with E-state index in [-0.39, 0.29) is 30.6 Å². The van der Waals surface area contributed by atoms with Gasteiger partial charge in [-0.2, -0.15) is 0 Å². The van der Waals surface area contributed by atoms with Gasteiger partial charge in [0.05, 0.1) is 0 Å². The van der Waals surface area contributed by atoms with E-state index in [0.29, 0.717) is 19.4 Å². The number of aryl methyl sites for hydroxylation is 1. The van der Waals surface area contributed by atoms with Gasteiger partial charge in [0, 0.05) is 19.4 Å². The molecule has 2 atom stereocenters. The molecule has 0 fully saturated rings. The summed E-state index contributed by atoms with van der Waals surface area (Å²) in [5, 5.41) is 14.8. The van der Waals surface area contributed by atoms with Gasteiger partial charge in [-0.15, -0.1) is 0 Å². The van der Waals surface area contributed by atoms with Crippen LogP contribution in [0.3, 0.4) is 0 Å². The molecule has 3 N–H and O–H groups in total. The van der Waals surface area contributed by atoms with Gasteiger partial charge in [0.2, 0.25) is 11.8 Å². The van der Waals surface area contributed by atoms with Gasteiger partial charge in [-0.25, -0.2) is 4.79 Å². The Morgan fingerprint density at radius 3 is 2.65 bits per heavy atom. The summed E-state index contributed by atoms with van der Waals surface area (Å²) in [5.74, 6) is -1.26. The highest BCUT2D eigenvalue weighted by molar-refractivity contribution is 5.84. The Morgan fingerprint density at radius 1 is 1.19 bits per heavy atom. The molecule has 0 saturated carbocycles. The molecular weight excluding hydrogens is 332 g/mol. The van der Waals surface area contributed by atoms with E-state index in [0.717, 1.165) is 19.3 Å². The highest BCUT2D eigenvalue weighted by Crippen LogP contribution is 2.34. The summed E-state index contributed by atoms with van der Waals surface area (Å²) in [6.07, 6.45) is 4.24. The second-order valence-corrected chi connectivity index (χ2v) is 6.79. The van der Waals surface area contributed by atoms with E-state index in [1.807, 2.05) is 19.1 Å². The molecule has 0 spiro atoms. The second kappa shape index (κ2) is 9.94. The van der Waals surface area contributed by atoms with Gasteiger partial charge in [-0.3, -0.25) is 9.59 Å². The van der Waals surface area contributed by atoms with Crippen molar-refractivity contribution in [3.05, 3.63) is 35.4 Å². The average molecular weight is 360 g/mol. The van der Waals surface area contributed by atoms with Gasteiger partial charge < -0.3 is 15.7 Å². The lowest BCUT2D eigenvalue weighted by Gasteiger charge is -2.28. The summed E-state index contributed by atoms with van der Waals surface area (Å²) < 4.78 is 0. The first-order valence-corrected chi connectivity index (χ1v) is 9.38. The van der Waals surface area contributed by atoms with Crippen molar-refractivity contribution in [3.8, 4) is 0 Å². The molecule has 1 aromatic rings. The van der Waals surface area contributed by atoms with Crippen LogP contribution in [-0.4, -0.2) is 35.5 Å². The van der Waals surface area contributed by atoms with Crippen LogP contribution in [0.4, 0.5) is 0 Å². The van der Waals surface area contributed by atoms with Gasteiger partial charge >= 0.3 is 5.97 Å². The molecule has 2 amide bonds. The Hall–Kier alpha value is -2.37. The van der Waals surface area contributed by atoms with Crippen molar-refractivity contribution in [3.63, 3.8) is 0 Å². The van der Waals surface area contributed by atoms with E-state index in [9.17, 15) is 19.5 Å². The molecule has 2 rings (SSSR count). The topological polar surface area (TPSA) is 95.5 Å². The maximum atomic E-state index is 12.1. The first-order chi connectivity index (χ1) is 12.5. The lowest BCUT2D eigenvalue weighted by molar-refractivity contribution is -0.142. The molecule has 6 heteroatoms. The Balaban J connectivity index is 1.88. The van der Waals surface area contributed by atoms with Gasteiger partial charge in [-0.1, -0.05) is 24.3 Å². The van der Waals surface area contributed by atoms with Crippen molar-refractivity contribution in [2.45, 2.75) is 63.8 Å². The first-order valence-electron chi connectivity index (χ1n) is 9.38. The second-order valence-electron chi connectivity index (χ2n) is 6.79.